The minimum atomic E-state index is 0.0593. The molecule has 0 aromatic carbocycles. The predicted octanol–water partition coefficient (Wildman–Crippen LogP) is 4.08. The highest BCUT2D eigenvalue weighted by Gasteiger charge is 2.50. The third kappa shape index (κ3) is 3.14. The predicted molar refractivity (Wildman–Crippen MR) is 88.6 cm³/mol. The molecule has 0 radical (unpaired) electrons. The molecule has 5 rings (SSSR count). The second-order valence-electron chi connectivity index (χ2n) is 8.94. The van der Waals surface area contributed by atoms with Gasteiger partial charge in [-0.1, -0.05) is 19.3 Å². The average molecular weight is 304 g/mol. The van der Waals surface area contributed by atoms with Crippen LogP contribution < -0.4 is 10.6 Å². The first kappa shape index (κ1) is 14.8. The molecule has 0 aromatic heterocycles. The van der Waals surface area contributed by atoms with Crippen LogP contribution in [0.2, 0.25) is 0 Å². The maximum Gasteiger partial charge on any atom is 0.314 e. The summed E-state index contributed by atoms with van der Waals surface area (Å²) in [5.41, 5.74) is 0.591. The molecule has 4 bridgehead atoms. The number of hydrogen-bond donors (Lipinski definition) is 2. The van der Waals surface area contributed by atoms with Crippen LogP contribution in [-0.2, 0) is 0 Å². The van der Waals surface area contributed by atoms with E-state index in [4.69, 9.17) is 0 Å². The summed E-state index contributed by atoms with van der Waals surface area (Å²) in [4.78, 5) is 11.9. The highest BCUT2D eigenvalue weighted by molar-refractivity contribution is 5.73. The summed E-state index contributed by atoms with van der Waals surface area (Å²) in [5.74, 6) is 3.93. The van der Waals surface area contributed by atoms with E-state index in [1.165, 1.54) is 70.6 Å². The highest BCUT2D eigenvalue weighted by Crippen LogP contribution is 2.61. The normalized spacial score (nSPS) is 39.5. The van der Waals surface area contributed by atoms with Gasteiger partial charge >= 0.3 is 6.03 Å². The van der Waals surface area contributed by atoms with Crippen molar-refractivity contribution >= 4 is 6.03 Å². The molecule has 2 N–H and O–H groups in total. The van der Waals surface area contributed by atoms with E-state index in [-0.39, 0.29) is 6.03 Å². The first-order chi connectivity index (χ1) is 10.7. The van der Waals surface area contributed by atoms with Crippen molar-refractivity contribution in [1.82, 2.24) is 10.6 Å². The summed E-state index contributed by atoms with van der Waals surface area (Å²) < 4.78 is 0. The number of carbonyl (C=O) groups is 1. The zero-order chi connectivity index (χ0) is 15.0. The first-order valence-corrected chi connectivity index (χ1v) is 9.72. The SMILES string of the molecule is O=C(NCCC1CCC1)NCCC12CC3CC(CC(C3)C1)C2. The van der Waals surface area contributed by atoms with Crippen LogP contribution in [0.3, 0.4) is 0 Å². The van der Waals surface area contributed by atoms with Crippen molar-refractivity contribution < 1.29 is 4.79 Å². The van der Waals surface area contributed by atoms with Gasteiger partial charge in [0.05, 0.1) is 0 Å². The van der Waals surface area contributed by atoms with Gasteiger partial charge in [0.25, 0.3) is 0 Å². The van der Waals surface area contributed by atoms with Gasteiger partial charge in [0.2, 0.25) is 0 Å². The van der Waals surface area contributed by atoms with Gasteiger partial charge in [0.1, 0.15) is 0 Å². The lowest BCUT2D eigenvalue weighted by molar-refractivity contribution is -0.0563. The number of carbonyl (C=O) groups excluding carboxylic acids is 1. The number of hydrogen-bond acceptors (Lipinski definition) is 1. The van der Waals surface area contributed by atoms with Crippen LogP contribution in [0.15, 0.2) is 0 Å². The molecule has 124 valence electrons. The van der Waals surface area contributed by atoms with Gasteiger partial charge in [0.15, 0.2) is 0 Å². The molecule has 3 nitrogen and oxygen atoms in total. The van der Waals surface area contributed by atoms with Gasteiger partial charge in [-0.25, -0.2) is 4.79 Å². The van der Waals surface area contributed by atoms with E-state index in [2.05, 4.69) is 10.6 Å². The van der Waals surface area contributed by atoms with E-state index in [9.17, 15) is 4.79 Å². The number of nitrogens with one attached hydrogen (secondary N) is 2. The van der Waals surface area contributed by atoms with E-state index >= 15 is 0 Å². The van der Waals surface area contributed by atoms with E-state index in [1.807, 2.05) is 0 Å². The molecule has 0 unspecified atom stereocenters. The maximum absolute atomic E-state index is 11.9. The Bertz CT molecular complexity index is 380. The van der Waals surface area contributed by atoms with Crippen molar-refractivity contribution in [3.8, 4) is 0 Å². The Morgan fingerprint density at radius 2 is 1.50 bits per heavy atom. The van der Waals surface area contributed by atoms with Crippen LogP contribution in [0.25, 0.3) is 0 Å². The summed E-state index contributed by atoms with van der Waals surface area (Å²) in [6, 6.07) is 0.0593. The molecule has 0 saturated heterocycles. The number of amides is 2. The van der Waals surface area contributed by atoms with Gasteiger partial charge in [0, 0.05) is 13.1 Å². The third-order valence-corrected chi connectivity index (χ3v) is 7.17. The summed E-state index contributed by atoms with van der Waals surface area (Å²) >= 11 is 0. The average Bonchev–Trinajstić information content (AvgIpc) is 2.40. The molecule has 5 aliphatic carbocycles. The maximum atomic E-state index is 11.9. The van der Waals surface area contributed by atoms with Crippen LogP contribution in [0.5, 0.6) is 0 Å². The Kier molecular flexibility index (Phi) is 4.08. The van der Waals surface area contributed by atoms with Crippen molar-refractivity contribution in [2.75, 3.05) is 13.1 Å². The topological polar surface area (TPSA) is 41.1 Å². The summed E-state index contributed by atoms with van der Waals surface area (Å²) in [6.45, 7) is 1.73. The van der Waals surface area contributed by atoms with Crippen LogP contribution >= 0.6 is 0 Å². The van der Waals surface area contributed by atoms with Crippen LogP contribution in [0.4, 0.5) is 4.79 Å². The fourth-order valence-electron chi connectivity index (χ4n) is 6.27. The largest absolute Gasteiger partial charge is 0.338 e. The summed E-state index contributed by atoms with van der Waals surface area (Å²) in [5, 5.41) is 6.16. The molecule has 5 fully saturated rings. The van der Waals surface area contributed by atoms with Crippen LogP contribution in [-0.4, -0.2) is 19.1 Å². The molecule has 0 spiro atoms. The van der Waals surface area contributed by atoms with Crippen molar-refractivity contribution in [2.24, 2.45) is 29.1 Å². The fourth-order valence-corrected chi connectivity index (χ4v) is 6.27. The van der Waals surface area contributed by atoms with Gasteiger partial charge in [-0.05, 0) is 80.5 Å². The number of rotatable bonds is 6. The molecule has 0 heterocycles. The van der Waals surface area contributed by atoms with Crippen molar-refractivity contribution in [2.45, 2.75) is 70.6 Å². The van der Waals surface area contributed by atoms with Gasteiger partial charge in [-0.15, -0.1) is 0 Å². The van der Waals surface area contributed by atoms with Crippen LogP contribution in [0, 0.1) is 29.1 Å². The molecule has 0 aromatic rings. The van der Waals surface area contributed by atoms with E-state index in [1.54, 1.807) is 0 Å². The molecule has 3 heteroatoms. The zero-order valence-electron chi connectivity index (χ0n) is 13.9. The zero-order valence-corrected chi connectivity index (χ0v) is 13.9. The molecular weight excluding hydrogens is 272 g/mol. The molecule has 5 aliphatic rings. The monoisotopic (exact) mass is 304 g/mol. The van der Waals surface area contributed by atoms with E-state index in [0.717, 1.165) is 36.8 Å². The molecule has 0 atom stereocenters. The van der Waals surface area contributed by atoms with Crippen molar-refractivity contribution in [3.05, 3.63) is 0 Å². The van der Waals surface area contributed by atoms with E-state index < -0.39 is 0 Å². The lowest BCUT2D eigenvalue weighted by Gasteiger charge is -2.57. The Hall–Kier alpha value is -0.730. The summed E-state index contributed by atoms with van der Waals surface area (Å²) in [7, 11) is 0. The van der Waals surface area contributed by atoms with Crippen LogP contribution in [0.1, 0.15) is 70.6 Å². The molecule has 0 aliphatic heterocycles. The molecule has 2 amide bonds. The highest BCUT2D eigenvalue weighted by atomic mass is 16.2. The molecular formula is C19H32N2O. The smallest absolute Gasteiger partial charge is 0.314 e. The standard InChI is InChI=1S/C19H32N2O/c22-18(20-6-4-14-2-1-3-14)21-7-5-19-11-15-8-16(12-19)10-17(9-15)13-19/h14-17H,1-13H2,(H2,20,21,22). The summed E-state index contributed by atoms with van der Waals surface area (Å²) in [6.07, 6.45) is 15.4. The molecule has 22 heavy (non-hydrogen) atoms. The second-order valence-corrected chi connectivity index (χ2v) is 8.94. The molecule has 5 saturated carbocycles. The van der Waals surface area contributed by atoms with Crippen molar-refractivity contribution in [1.29, 1.82) is 0 Å². The van der Waals surface area contributed by atoms with Gasteiger partial charge in [-0.2, -0.15) is 0 Å². The Labute approximate surface area is 135 Å². The number of urea groups is 1. The minimum Gasteiger partial charge on any atom is -0.338 e. The van der Waals surface area contributed by atoms with Crippen molar-refractivity contribution in [3.63, 3.8) is 0 Å². The fraction of sp³-hybridized carbons (Fsp3) is 0.947. The van der Waals surface area contributed by atoms with Gasteiger partial charge in [-0.3, -0.25) is 0 Å². The Morgan fingerprint density at radius 1 is 0.909 bits per heavy atom. The third-order valence-electron chi connectivity index (χ3n) is 7.17. The second kappa shape index (κ2) is 6.05. The van der Waals surface area contributed by atoms with Gasteiger partial charge < -0.3 is 10.6 Å². The lowest BCUT2D eigenvalue weighted by atomic mass is 9.49. The Balaban J connectivity index is 1.16. The Morgan fingerprint density at radius 3 is 2.05 bits per heavy atom. The quantitative estimate of drug-likeness (QED) is 0.762. The minimum absolute atomic E-state index is 0.0593. The van der Waals surface area contributed by atoms with E-state index in [0.29, 0.717) is 5.41 Å². The first-order valence-electron chi connectivity index (χ1n) is 9.72. The lowest BCUT2D eigenvalue weighted by Crippen LogP contribution is -2.47.